The van der Waals surface area contributed by atoms with Gasteiger partial charge in [-0.1, -0.05) is 29.8 Å². The van der Waals surface area contributed by atoms with Crippen LogP contribution in [0.5, 0.6) is 0 Å². The molecule has 26 heavy (non-hydrogen) atoms. The van der Waals surface area contributed by atoms with E-state index in [0.29, 0.717) is 19.7 Å². The van der Waals surface area contributed by atoms with Crippen LogP contribution in [-0.4, -0.2) is 35.4 Å². The van der Waals surface area contributed by atoms with Gasteiger partial charge in [0.05, 0.1) is 18.1 Å². The van der Waals surface area contributed by atoms with E-state index >= 15 is 0 Å². The molecule has 0 radical (unpaired) electrons. The van der Waals surface area contributed by atoms with Gasteiger partial charge in [0.1, 0.15) is 6.10 Å². The molecule has 6 nitrogen and oxygen atoms in total. The zero-order chi connectivity index (χ0) is 18.5. The topological polar surface area (TPSA) is 72.7 Å². The molecule has 1 fully saturated rings. The van der Waals surface area contributed by atoms with Gasteiger partial charge in [-0.3, -0.25) is 14.9 Å². The van der Waals surface area contributed by atoms with E-state index in [9.17, 15) is 14.9 Å². The fourth-order valence-corrected chi connectivity index (χ4v) is 2.81. The molecule has 1 saturated heterocycles. The van der Waals surface area contributed by atoms with Crippen molar-refractivity contribution in [3.63, 3.8) is 0 Å². The second kappa shape index (κ2) is 7.93. The molecule has 1 unspecified atom stereocenters. The van der Waals surface area contributed by atoms with Gasteiger partial charge >= 0.3 is 0 Å². The van der Waals surface area contributed by atoms with E-state index in [1.54, 1.807) is 23.1 Å². The Morgan fingerprint density at radius 2 is 1.88 bits per heavy atom. The summed E-state index contributed by atoms with van der Waals surface area (Å²) in [5.41, 5.74) is 3.02. The molecule has 1 aliphatic heterocycles. The zero-order valence-corrected chi connectivity index (χ0v) is 14.5. The molecule has 0 bridgehead atoms. The first-order valence-corrected chi connectivity index (χ1v) is 8.42. The van der Waals surface area contributed by atoms with E-state index in [4.69, 9.17) is 4.74 Å². The van der Waals surface area contributed by atoms with Gasteiger partial charge in [0.25, 0.3) is 5.69 Å². The normalized spacial score (nSPS) is 17.4. The van der Waals surface area contributed by atoms with E-state index in [1.165, 1.54) is 23.8 Å². The van der Waals surface area contributed by atoms with Crippen molar-refractivity contribution in [3.05, 3.63) is 81.4 Å². The molecule has 134 valence electrons. The van der Waals surface area contributed by atoms with Gasteiger partial charge in [-0.2, -0.15) is 0 Å². The van der Waals surface area contributed by atoms with Crippen LogP contribution in [0.4, 0.5) is 5.69 Å². The molecule has 1 aliphatic rings. The fraction of sp³-hybridized carbons (Fsp3) is 0.250. The summed E-state index contributed by atoms with van der Waals surface area (Å²) >= 11 is 0. The summed E-state index contributed by atoms with van der Waals surface area (Å²) in [5, 5.41) is 10.7. The van der Waals surface area contributed by atoms with Gasteiger partial charge < -0.3 is 9.64 Å². The molecule has 1 atom stereocenters. The Balaban J connectivity index is 1.63. The van der Waals surface area contributed by atoms with Crippen LogP contribution < -0.4 is 0 Å². The van der Waals surface area contributed by atoms with Gasteiger partial charge in [-0.15, -0.1) is 0 Å². The summed E-state index contributed by atoms with van der Waals surface area (Å²) in [6.07, 6.45) is 3.04. The Labute approximate surface area is 151 Å². The first kappa shape index (κ1) is 17.8. The average molecular weight is 352 g/mol. The number of amides is 1. The van der Waals surface area contributed by atoms with Gasteiger partial charge in [-0.05, 0) is 36.3 Å². The van der Waals surface area contributed by atoms with Gasteiger partial charge in [0.2, 0.25) is 5.91 Å². The molecule has 2 aromatic carbocycles. The lowest BCUT2D eigenvalue weighted by molar-refractivity contribution is -0.384. The third-order valence-electron chi connectivity index (χ3n) is 4.35. The molecule has 0 N–H and O–H groups in total. The Morgan fingerprint density at radius 3 is 2.54 bits per heavy atom. The third-order valence-corrected chi connectivity index (χ3v) is 4.35. The van der Waals surface area contributed by atoms with Crippen molar-refractivity contribution in [2.24, 2.45) is 0 Å². The maximum absolute atomic E-state index is 12.5. The number of hydrogen-bond acceptors (Lipinski definition) is 4. The minimum atomic E-state index is -0.447. The van der Waals surface area contributed by atoms with Crippen molar-refractivity contribution >= 4 is 17.7 Å². The lowest BCUT2D eigenvalue weighted by Gasteiger charge is -2.32. The molecule has 3 rings (SSSR count). The maximum atomic E-state index is 12.5. The number of nitrogens with zero attached hydrogens (tertiary/aromatic N) is 2. The second-order valence-corrected chi connectivity index (χ2v) is 6.24. The Hall–Kier alpha value is -2.99. The van der Waals surface area contributed by atoms with Crippen LogP contribution in [0, 0.1) is 17.0 Å². The Morgan fingerprint density at radius 1 is 1.19 bits per heavy atom. The number of aryl methyl sites for hydroxylation is 1. The van der Waals surface area contributed by atoms with Gasteiger partial charge in [0, 0.05) is 24.8 Å². The molecular formula is C20H20N2O4. The quantitative estimate of drug-likeness (QED) is 0.479. The number of ether oxygens (including phenoxy) is 1. The van der Waals surface area contributed by atoms with E-state index in [2.05, 4.69) is 0 Å². The van der Waals surface area contributed by atoms with Crippen LogP contribution in [0.3, 0.4) is 0 Å². The fourth-order valence-electron chi connectivity index (χ4n) is 2.81. The van der Waals surface area contributed by atoms with Crippen molar-refractivity contribution in [2.75, 3.05) is 19.7 Å². The van der Waals surface area contributed by atoms with Crippen LogP contribution in [0.2, 0.25) is 0 Å². The summed E-state index contributed by atoms with van der Waals surface area (Å²) in [6, 6.07) is 14.2. The summed E-state index contributed by atoms with van der Waals surface area (Å²) < 4.78 is 5.80. The highest BCUT2D eigenvalue weighted by molar-refractivity contribution is 5.91. The highest BCUT2D eigenvalue weighted by Gasteiger charge is 2.24. The standard InChI is InChI=1S/C20H20N2O4/c1-15-2-7-17(8-3-15)19-14-21(12-13-26-19)20(23)11-6-16-4-9-18(10-5-16)22(24)25/h2-11,19H,12-14H2,1H3/b11-6+. The predicted molar refractivity (Wildman–Crippen MR) is 98.6 cm³/mol. The maximum Gasteiger partial charge on any atom is 0.269 e. The van der Waals surface area contributed by atoms with Crippen LogP contribution in [0.25, 0.3) is 6.08 Å². The molecule has 6 heteroatoms. The monoisotopic (exact) mass is 352 g/mol. The molecule has 0 spiro atoms. The predicted octanol–water partition coefficient (Wildman–Crippen LogP) is 3.52. The number of carbonyl (C=O) groups is 1. The molecule has 0 aliphatic carbocycles. The van der Waals surface area contributed by atoms with Gasteiger partial charge in [-0.25, -0.2) is 0 Å². The van der Waals surface area contributed by atoms with Crippen molar-refractivity contribution in [1.29, 1.82) is 0 Å². The summed E-state index contributed by atoms with van der Waals surface area (Å²) in [6.45, 7) is 3.58. The lowest BCUT2D eigenvalue weighted by Crippen LogP contribution is -2.41. The molecule has 0 saturated carbocycles. The molecule has 1 amide bonds. The van der Waals surface area contributed by atoms with Crippen LogP contribution in [-0.2, 0) is 9.53 Å². The number of hydrogen-bond donors (Lipinski definition) is 0. The molecule has 1 heterocycles. The van der Waals surface area contributed by atoms with E-state index in [-0.39, 0.29) is 17.7 Å². The number of rotatable bonds is 4. The van der Waals surface area contributed by atoms with Crippen molar-refractivity contribution in [2.45, 2.75) is 13.0 Å². The zero-order valence-electron chi connectivity index (χ0n) is 14.5. The first-order chi connectivity index (χ1) is 12.5. The van der Waals surface area contributed by atoms with Crippen molar-refractivity contribution in [1.82, 2.24) is 4.90 Å². The number of nitro groups is 1. The van der Waals surface area contributed by atoms with Crippen LogP contribution >= 0.6 is 0 Å². The molecule has 2 aromatic rings. The van der Waals surface area contributed by atoms with Crippen LogP contribution in [0.15, 0.2) is 54.6 Å². The summed E-state index contributed by atoms with van der Waals surface area (Å²) in [5.74, 6) is -0.0937. The number of benzene rings is 2. The second-order valence-electron chi connectivity index (χ2n) is 6.24. The Bertz CT molecular complexity index is 813. The summed E-state index contributed by atoms with van der Waals surface area (Å²) in [4.78, 5) is 24.4. The van der Waals surface area contributed by atoms with E-state index in [1.807, 2.05) is 31.2 Å². The number of nitro benzene ring substituents is 1. The van der Waals surface area contributed by atoms with Crippen molar-refractivity contribution in [3.8, 4) is 0 Å². The highest BCUT2D eigenvalue weighted by Crippen LogP contribution is 2.23. The smallest absolute Gasteiger partial charge is 0.269 e. The largest absolute Gasteiger partial charge is 0.370 e. The SMILES string of the molecule is Cc1ccc(C2CN(C(=O)/C=C/c3ccc([N+](=O)[O-])cc3)CCO2)cc1. The number of carbonyl (C=O) groups excluding carboxylic acids is 1. The Kier molecular flexibility index (Phi) is 5.43. The highest BCUT2D eigenvalue weighted by atomic mass is 16.6. The van der Waals surface area contributed by atoms with Gasteiger partial charge in [0.15, 0.2) is 0 Å². The summed E-state index contributed by atoms with van der Waals surface area (Å²) in [7, 11) is 0. The minimum absolute atomic E-state index is 0.0302. The lowest BCUT2D eigenvalue weighted by atomic mass is 10.1. The number of non-ortho nitro benzene ring substituents is 1. The minimum Gasteiger partial charge on any atom is -0.370 e. The van der Waals surface area contributed by atoms with Crippen LogP contribution in [0.1, 0.15) is 22.8 Å². The molecule has 0 aromatic heterocycles. The first-order valence-electron chi connectivity index (χ1n) is 8.42. The molecular weight excluding hydrogens is 332 g/mol. The van der Waals surface area contributed by atoms with E-state index in [0.717, 1.165) is 11.1 Å². The number of morpholine rings is 1. The third kappa shape index (κ3) is 4.34. The van der Waals surface area contributed by atoms with E-state index < -0.39 is 4.92 Å². The average Bonchev–Trinajstić information content (AvgIpc) is 2.67. The van der Waals surface area contributed by atoms with Crippen molar-refractivity contribution < 1.29 is 14.5 Å².